The number of nitrogens with one attached hydrogen (secondary N) is 1. The van der Waals surface area contributed by atoms with E-state index in [1.165, 1.54) is 12.8 Å². The normalized spacial score (nSPS) is 27.4. The maximum absolute atomic E-state index is 12.6. The zero-order valence-electron chi connectivity index (χ0n) is 12.6. The summed E-state index contributed by atoms with van der Waals surface area (Å²) >= 11 is 0. The monoisotopic (exact) mass is 286 g/mol. The van der Waals surface area contributed by atoms with E-state index >= 15 is 0 Å². The zero-order valence-corrected chi connectivity index (χ0v) is 12.6. The van der Waals surface area contributed by atoms with Gasteiger partial charge in [-0.05, 0) is 31.7 Å². The maximum atomic E-state index is 12.6. The molecule has 4 heteroatoms. The van der Waals surface area contributed by atoms with Gasteiger partial charge in [-0.25, -0.2) is 0 Å². The fourth-order valence-electron chi connectivity index (χ4n) is 3.20. The number of amides is 2. The molecule has 1 saturated carbocycles. The molecule has 2 aliphatic rings. The molecule has 2 amide bonds. The summed E-state index contributed by atoms with van der Waals surface area (Å²) in [4.78, 5) is 26.9. The third-order valence-electron chi connectivity index (χ3n) is 4.47. The van der Waals surface area contributed by atoms with Crippen LogP contribution in [0.4, 0.5) is 0 Å². The predicted octanol–water partition coefficient (Wildman–Crippen LogP) is 2.26. The number of piperazine rings is 1. The number of nitrogens with zero attached hydrogens (tertiary/aromatic N) is 1. The number of carbonyl (C=O) groups excluding carboxylic acids is 2. The first kappa shape index (κ1) is 14.1. The van der Waals surface area contributed by atoms with Crippen molar-refractivity contribution in [2.75, 3.05) is 0 Å². The van der Waals surface area contributed by atoms with Crippen LogP contribution in [0.5, 0.6) is 0 Å². The van der Waals surface area contributed by atoms with Gasteiger partial charge in [0.2, 0.25) is 11.8 Å². The molecule has 1 aliphatic heterocycles. The molecule has 4 nitrogen and oxygen atoms in total. The molecule has 2 fully saturated rings. The summed E-state index contributed by atoms with van der Waals surface area (Å²) in [7, 11) is 0. The lowest BCUT2D eigenvalue weighted by atomic mass is 9.96. The van der Waals surface area contributed by atoms with Crippen molar-refractivity contribution in [3.63, 3.8) is 0 Å². The van der Waals surface area contributed by atoms with Gasteiger partial charge in [0.1, 0.15) is 12.1 Å². The first-order chi connectivity index (χ1) is 10.1. The number of benzene rings is 1. The molecule has 1 N–H and O–H groups in total. The minimum Gasteiger partial charge on any atom is -0.342 e. The van der Waals surface area contributed by atoms with Gasteiger partial charge in [0.25, 0.3) is 0 Å². The van der Waals surface area contributed by atoms with Crippen molar-refractivity contribution in [1.82, 2.24) is 10.2 Å². The molecule has 1 aromatic carbocycles. The van der Waals surface area contributed by atoms with E-state index in [1.807, 2.05) is 30.3 Å². The molecule has 1 aromatic rings. The lowest BCUT2D eigenvalue weighted by Gasteiger charge is -2.42. The van der Waals surface area contributed by atoms with Crippen LogP contribution in [-0.4, -0.2) is 28.8 Å². The van der Waals surface area contributed by atoms with Crippen LogP contribution in [0.15, 0.2) is 30.3 Å². The highest BCUT2D eigenvalue weighted by Crippen LogP contribution is 2.37. The van der Waals surface area contributed by atoms with Crippen molar-refractivity contribution in [2.24, 2.45) is 5.92 Å². The van der Waals surface area contributed by atoms with Gasteiger partial charge in [0.15, 0.2) is 0 Å². The van der Waals surface area contributed by atoms with Crippen molar-refractivity contribution < 1.29 is 9.59 Å². The number of hydrogen-bond donors (Lipinski definition) is 1. The molecule has 3 atom stereocenters. The molecule has 0 spiro atoms. The molecule has 0 bridgehead atoms. The highest BCUT2D eigenvalue weighted by molar-refractivity contribution is 5.97. The van der Waals surface area contributed by atoms with Gasteiger partial charge in [-0.2, -0.15) is 0 Å². The standard InChI is InChI=1S/C17H22N2O2/c1-11(10-13-8-9-13)19-15(14-6-4-3-5-7-14)16(20)18-12(2)17(19)21/h3-7,11-13,15H,8-10H2,1-2H3,(H,18,20). The number of hydrogen-bond acceptors (Lipinski definition) is 2. The van der Waals surface area contributed by atoms with Gasteiger partial charge in [0, 0.05) is 6.04 Å². The maximum Gasteiger partial charge on any atom is 0.248 e. The van der Waals surface area contributed by atoms with E-state index in [4.69, 9.17) is 0 Å². The summed E-state index contributed by atoms with van der Waals surface area (Å²) in [6.07, 6.45) is 3.50. The minimum absolute atomic E-state index is 0.0246. The average molecular weight is 286 g/mol. The SMILES string of the molecule is CC1NC(=O)C(c2ccccc2)N(C(C)CC2CC2)C1=O. The molecular weight excluding hydrogens is 264 g/mol. The predicted molar refractivity (Wildman–Crippen MR) is 80.4 cm³/mol. The second-order valence-electron chi connectivity index (χ2n) is 6.32. The zero-order chi connectivity index (χ0) is 15.0. The molecule has 0 aromatic heterocycles. The van der Waals surface area contributed by atoms with Crippen LogP contribution >= 0.6 is 0 Å². The first-order valence-electron chi connectivity index (χ1n) is 7.75. The molecule has 1 saturated heterocycles. The Labute approximate surface area is 125 Å². The van der Waals surface area contributed by atoms with Gasteiger partial charge in [-0.1, -0.05) is 43.2 Å². The quantitative estimate of drug-likeness (QED) is 0.923. The lowest BCUT2D eigenvalue weighted by Crippen LogP contribution is -2.60. The topological polar surface area (TPSA) is 49.4 Å². The van der Waals surface area contributed by atoms with Crippen LogP contribution in [0.2, 0.25) is 0 Å². The van der Waals surface area contributed by atoms with Crippen LogP contribution in [-0.2, 0) is 9.59 Å². The van der Waals surface area contributed by atoms with Crippen LogP contribution in [0, 0.1) is 5.92 Å². The molecule has 3 unspecified atom stereocenters. The number of rotatable bonds is 4. The average Bonchev–Trinajstić information content (AvgIpc) is 3.27. The molecule has 1 aliphatic carbocycles. The minimum atomic E-state index is -0.497. The van der Waals surface area contributed by atoms with Crippen LogP contribution in [0.3, 0.4) is 0 Å². The van der Waals surface area contributed by atoms with Gasteiger partial charge in [-0.3, -0.25) is 9.59 Å². The summed E-state index contributed by atoms with van der Waals surface area (Å²) < 4.78 is 0. The van der Waals surface area contributed by atoms with E-state index < -0.39 is 12.1 Å². The molecule has 21 heavy (non-hydrogen) atoms. The largest absolute Gasteiger partial charge is 0.342 e. The first-order valence-corrected chi connectivity index (χ1v) is 7.75. The van der Waals surface area contributed by atoms with Crippen molar-refractivity contribution in [3.8, 4) is 0 Å². The summed E-state index contributed by atoms with van der Waals surface area (Å²) in [5, 5.41) is 2.80. The summed E-state index contributed by atoms with van der Waals surface area (Å²) in [5.74, 6) is 0.678. The second kappa shape index (κ2) is 5.51. The van der Waals surface area contributed by atoms with Crippen molar-refractivity contribution >= 4 is 11.8 Å². The van der Waals surface area contributed by atoms with Crippen LogP contribution in [0.1, 0.15) is 44.7 Å². The van der Waals surface area contributed by atoms with E-state index in [-0.39, 0.29) is 17.9 Å². The summed E-state index contributed by atoms with van der Waals surface area (Å²) in [6, 6.07) is 8.76. The molecule has 1 heterocycles. The van der Waals surface area contributed by atoms with Crippen molar-refractivity contribution in [3.05, 3.63) is 35.9 Å². The third kappa shape index (κ3) is 2.80. The summed E-state index contributed by atoms with van der Waals surface area (Å²) in [6.45, 7) is 3.83. The van der Waals surface area contributed by atoms with Gasteiger partial charge in [-0.15, -0.1) is 0 Å². The van der Waals surface area contributed by atoms with Gasteiger partial charge >= 0.3 is 0 Å². The highest BCUT2D eigenvalue weighted by atomic mass is 16.2. The fourth-order valence-corrected chi connectivity index (χ4v) is 3.20. The smallest absolute Gasteiger partial charge is 0.248 e. The Morgan fingerprint density at radius 1 is 1.24 bits per heavy atom. The van der Waals surface area contributed by atoms with Gasteiger partial charge in [0.05, 0.1) is 0 Å². The van der Waals surface area contributed by atoms with E-state index in [1.54, 1.807) is 11.8 Å². The second-order valence-corrected chi connectivity index (χ2v) is 6.32. The summed E-state index contributed by atoms with van der Waals surface area (Å²) in [5.41, 5.74) is 0.887. The third-order valence-corrected chi connectivity index (χ3v) is 4.47. The van der Waals surface area contributed by atoms with Crippen LogP contribution < -0.4 is 5.32 Å². The molecule has 112 valence electrons. The van der Waals surface area contributed by atoms with E-state index in [9.17, 15) is 9.59 Å². The van der Waals surface area contributed by atoms with Crippen LogP contribution in [0.25, 0.3) is 0 Å². The molecule has 3 rings (SSSR count). The van der Waals surface area contributed by atoms with Gasteiger partial charge < -0.3 is 10.2 Å². The Bertz CT molecular complexity index is 539. The highest BCUT2D eigenvalue weighted by Gasteiger charge is 2.42. The Kier molecular flexibility index (Phi) is 3.70. The Morgan fingerprint density at radius 2 is 1.90 bits per heavy atom. The van der Waals surface area contributed by atoms with Crippen molar-refractivity contribution in [2.45, 2.75) is 51.2 Å². The Hall–Kier alpha value is -1.84. The Balaban J connectivity index is 1.91. The lowest BCUT2D eigenvalue weighted by molar-refractivity contribution is -0.151. The molecular formula is C17H22N2O2. The van der Waals surface area contributed by atoms with E-state index in [0.717, 1.165) is 17.9 Å². The fraction of sp³-hybridized carbons (Fsp3) is 0.529. The van der Waals surface area contributed by atoms with E-state index in [2.05, 4.69) is 12.2 Å². The van der Waals surface area contributed by atoms with Crippen molar-refractivity contribution in [1.29, 1.82) is 0 Å². The number of carbonyl (C=O) groups is 2. The Morgan fingerprint density at radius 3 is 2.52 bits per heavy atom. The van der Waals surface area contributed by atoms with E-state index in [0.29, 0.717) is 0 Å². The molecule has 0 radical (unpaired) electrons.